The van der Waals surface area contributed by atoms with Crippen molar-refractivity contribution in [3.8, 4) is 0 Å². The summed E-state index contributed by atoms with van der Waals surface area (Å²) in [5.74, 6) is -0.184. The molecule has 7 nitrogen and oxygen atoms in total. The highest BCUT2D eigenvalue weighted by Crippen LogP contribution is 2.50. The molecule has 1 N–H and O–H groups in total. The number of rotatable bonds is 10. The Hall–Kier alpha value is -2.71. The molecule has 4 rings (SSSR count). The van der Waals surface area contributed by atoms with E-state index in [9.17, 15) is 18.0 Å². The van der Waals surface area contributed by atoms with Gasteiger partial charge in [0.05, 0.1) is 24.7 Å². The summed E-state index contributed by atoms with van der Waals surface area (Å²) in [6.45, 7) is 3.65. The number of sulfone groups is 1. The van der Waals surface area contributed by atoms with Crippen LogP contribution in [-0.4, -0.2) is 69.0 Å². The number of morpholine rings is 1. The molecule has 1 unspecified atom stereocenters. The third kappa shape index (κ3) is 7.15. The molecular formula is C27H34N2O5S. The molecule has 0 spiro atoms. The third-order valence-electron chi connectivity index (χ3n) is 6.84. The van der Waals surface area contributed by atoms with E-state index in [0.717, 1.165) is 12.8 Å². The van der Waals surface area contributed by atoms with Crippen LogP contribution in [0.5, 0.6) is 0 Å². The molecule has 35 heavy (non-hydrogen) atoms. The van der Waals surface area contributed by atoms with Gasteiger partial charge in [0.2, 0.25) is 5.91 Å². The largest absolute Gasteiger partial charge is 0.378 e. The van der Waals surface area contributed by atoms with Crippen LogP contribution >= 0.6 is 0 Å². The van der Waals surface area contributed by atoms with Crippen molar-refractivity contribution in [2.75, 3.05) is 37.8 Å². The number of nitrogens with one attached hydrogen (secondary N) is 1. The molecule has 188 valence electrons. The molecule has 1 heterocycles. The van der Waals surface area contributed by atoms with Gasteiger partial charge in [-0.3, -0.25) is 9.59 Å². The second kappa shape index (κ2) is 11.4. The Labute approximate surface area is 207 Å². The van der Waals surface area contributed by atoms with Gasteiger partial charge in [0.25, 0.3) is 5.91 Å². The second-order valence-electron chi connectivity index (χ2n) is 9.60. The Morgan fingerprint density at radius 2 is 1.74 bits per heavy atom. The number of carbonyl (C=O) groups is 2. The zero-order valence-electron chi connectivity index (χ0n) is 20.2. The van der Waals surface area contributed by atoms with Gasteiger partial charge >= 0.3 is 0 Å². The molecule has 0 radical (unpaired) electrons. The number of aryl methyl sites for hydroxylation is 1. The van der Waals surface area contributed by atoms with Gasteiger partial charge in [0.15, 0.2) is 9.84 Å². The summed E-state index contributed by atoms with van der Waals surface area (Å²) >= 11 is 0. The highest BCUT2D eigenvalue weighted by atomic mass is 32.2. The number of hydrogen-bond donors (Lipinski definition) is 1. The van der Waals surface area contributed by atoms with Crippen molar-refractivity contribution in [3.05, 3.63) is 71.3 Å². The number of benzene rings is 2. The molecule has 2 fully saturated rings. The minimum Gasteiger partial charge on any atom is -0.378 e. The molecule has 3 atom stereocenters. The van der Waals surface area contributed by atoms with Gasteiger partial charge in [-0.1, -0.05) is 48.0 Å². The Kier molecular flexibility index (Phi) is 8.23. The lowest BCUT2D eigenvalue weighted by molar-refractivity contribution is -0.136. The lowest BCUT2D eigenvalue weighted by atomic mass is 10.1. The molecule has 1 aliphatic carbocycles. The molecular weight excluding hydrogens is 464 g/mol. The van der Waals surface area contributed by atoms with Crippen LogP contribution in [-0.2, 0) is 19.4 Å². The van der Waals surface area contributed by atoms with Crippen molar-refractivity contribution in [1.29, 1.82) is 0 Å². The normalized spacial score (nSPS) is 20.8. The maximum Gasteiger partial charge on any atom is 0.251 e. The van der Waals surface area contributed by atoms with Gasteiger partial charge in [0, 0.05) is 18.7 Å². The third-order valence-corrected chi connectivity index (χ3v) is 8.59. The quantitative estimate of drug-likeness (QED) is 0.544. The minimum atomic E-state index is -3.54. The Balaban J connectivity index is 1.34. The van der Waals surface area contributed by atoms with Crippen LogP contribution in [0.25, 0.3) is 0 Å². The van der Waals surface area contributed by atoms with Crippen LogP contribution in [0.3, 0.4) is 0 Å². The van der Waals surface area contributed by atoms with Crippen LogP contribution in [0.1, 0.15) is 46.7 Å². The number of hydrogen-bond acceptors (Lipinski definition) is 5. The van der Waals surface area contributed by atoms with Gasteiger partial charge in [0.1, 0.15) is 6.04 Å². The van der Waals surface area contributed by atoms with Gasteiger partial charge in [-0.15, -0.1) is 0 Å². The minimum absolute atomic E-state index is 0.0121. The standard InChI is InChI=1S/C27H34N2O5S/c1-20-9-11-21(12-10-20)24-18-23(24)8-5-17-35(32,33)19-25(27(31)29-13-15-34-16-14-29)28-26(30)22-6-3-2-4-7-22/h2-4,6-7,9-12,23-25H,5,8,13-19H2,1H3,(H,28,30)/t23?,24-,25-/m0/s1. The Morgan fingerprint density at radius 1 is 1.06 bits per heavy atom. The molecule has 2 aromatic rings. The summed E-state index contributed by atoms with van der Waals surface area (Å²) in [5.41, 5.74) is 2.95. The van der Waals surface area contributed by atoms with Crippen molar-refractivity contribution in [3.63, 3.8) is 0 Å². The highest BCUT2D eigenvalue weighted by molar-refractivity contribution is 7.91. The zero-order valence-corrected chi connectivity index (χ0v) is 21.0. The van der Waals surface area contributed by atoms with E-state index in [4.69, 9.17) is 4.74 Å². The first-order chi connectivity index (χ1) is 16.8. The summed E-state index contributed by atoms with van der Waals surface area (Å²) in [5, 5.41) is 2.68. The van der Waals surface area contributed by atoms with Crippen LogP contribution in [0, 0.1) is 12.8 Å². The molecule has 0 aromatic heterocycles. The number of nitrogens with zero attached hydrogens (tertiary/aromatic N) is 1. The van der Waals surface area contributed by atoms with E-state index in [1.807, 2.05) is 0 Å². The molecule has 1 saturated carbocycles. The fourth-order valence-electron chi connectivity index (χ4n) is 4.70. The molecule has 1 saturated heterocycles. The van der Waals surface area contributed by atoms with E-state index in [-0.39, 0.29) is 11.7 Å². The first-order valence-electron chi connectivity index (χ1n) is 12.3. The Morgan fingerprint density at radius 3 is 2.43 bits per heavy atom. The van der Waals surface area contributed by atoms with Crippen LogP contribution in [0.2, 0.25) is 0 Å². The van der Waals surface area contributed by atoms with Crippen molar-refractivity contribution in [2.45, 2.75) is 38.1 Å². The zero-order chi connectivity index (χ0) is 24.8. The SMILES string of the molecule is Cc1ccc([C@@H]2CC2CCCS(=O)(=O)C[C@H](NC(=O)c2ccccc2)C(=O)N2CCOCC2)cc1. The van der Waals surface area contributed by atoms with Crippen LogP contribution in [0.4, 0.5) is 0 Å². The van der Waals surface area contributed by atoms with Crippen LogP contribution in [0.15, 0.2) is 54.6 Å². The van der Waals surface area contributed by atoms with E-state index in [1.54, 1.807) is 35.2 Å². The number of amides is 2. The molecule has 2 aliphatic rings. The summed E-state index contributed by atoms with van der Waals surface area (Å²) < 4.78 is 31.3. The molecule has 8 heteroatoms. The lowest BCUT2D eigenvalue weighted by Gasteiger charge is -2.30. The average molecular weight is 499 g/mol. The maximum atomic E-state index is 13.1. The van der Waals surface area contributed by atoms with E-state index >= 15 is 0 Å². The highest BCUT2D eigenvalue weighted by Gasteiger charge is 2.38. The van der Waals surface area contributed by atoms with E-state index in [2.05, 4.69) is 36.5 Å². The van der Waals surface area contributed by atoms with E-state index in [0.29, 0.717) is 50.1 Å². The molecule has 2 amide bonds. The fraction of sp³-hybridized carbons (Fsp3) is 0.481. The lowest BCUT2D eigenvalue weighted by Crippen LogP contribution is -2.54. The van der Waals surface area contributed by atoms with Crippen molar-refractivity contribution >= 4 is 21.7 Å². The van der Waals surface area contributed by atoms with Crippen LogP contribution < -0.4 is 5.32 Å². The first kappa shape index (κ1) is 25.4. The first-order valence-corrected chi connectivity index (χ1v) is 14.1. The smallest absolute Gasteiger partial charge is 0.251 e. The topological polar surface area (TPSA) is 92.8 Å². The van der Waals surface area contributed by atoms with Crippen molar-refractivity contribution < 1.29 is 22.7 Å². The molecule has 1 aliphatic heterocycles. The summed E-state index contributed by atoms with van der Waals surface area (Å²) in [4.78, 5) is 27.5. The van der Waals surface area contributed by atoms with E-state index in [1.165, 1.54) is 11.1 Å². The number of ether oxygens (including phenoxy) is 1. The average Bonchev–Trinajstić information content (AvgIpc) is 3.64. The molecule has 2 aromatic carbocycles. The van der Waals surface area contributed by atoms with Gasteiger partial charge < -0.3 is 15.0 Å². The predicted octanol–water partition coefficient (Wildman–Crippen LogP) is 2.95. The summed E-state index contributed by atoms with van der Waals surface area (Å²) in [7, 11) is -3.54. The van der Waals surface area contributed by atoms with Crippen molar-refractivity contribution in [1.82, 2.24) is 10.2 Å². The summed E-state index contributed by atoms with van der Waals surface area (Å²) in [6.07, 6.45) is 2.49. The Bertz CT molecular complexity index is 1110. The fourth-order valence-corrected chi connectivity index (χ4v) is 6.21. The monoisotopic (exact) mass is 498 g/mol. The van der Waals surface area contributed by atoms with Gasteiger partial charge in [-0.25, -0.2) is 8.42 Å². The van der Waals surface area contributed by atoms with Gasteiger partial charge in [-0.05, 0) is 55.7 Å². The number of carbonyl (C=O) groups excluding carboxylic acids is 2. The molecule has 0 bridgehead atoms. The van der Waals surface area contributed by atoms with E-state index < -0.39 is 27.5 Å². The summed E-state index contributed by atoms with van der Waals surface area (Å²) in [6, 6.07) is 16.0. The maximum absolute atomic E-state index is 13.1. The second-order valence-corrected chi connectivity index (χ2v) is 11.8. The predicted molar refractivity (Wildman–Crippen MR) is 135 cm³/mol. The van der Waals surface area contributed by atoms with Crippen molar-refractivity contribution in [2.24, 2.45) is 5.92 Å². The van der Waals surface area contributed by atoms with Gasteiger partial charge in [-0.2, -0.15) is 0 Å².